The van der Waals surface area contributed by atoms with Crippen molar-refractivity contribution in [2.24, 2.45) is 5.73 Å². The first-order valence-corrected chi connectivity index (χ1v) is 5.68. The molecule has 0 radical (unpaired) electrons. The number of aryl methyl sites for hydroxylation is 1. The predicted octanol–water partition coefficient (Wildman–Crippen LogP) is 1.39. The second-order valence-corrected chi connectivity index (χ2v) is 4.62. The first kappa shape index (κ1) is 10.3. The van der Waals surface area contributed by atoms with Gasteiger partial charge in [0.15, 0.2) is 0 Å². The molecule has 4 nitrogen and oxygen atoms in total. The highest BCUT2D eigenvalue weighted by Gasteiger charge is 2.05. The van der Waals surface area contributed by atoms with Crippen LogP contribution in [0.15, 0.2) is 12.1 Å². The van der Waals surface area contributed by atoms with Crippen molar-refractivity contribution in [3.05, 3.63) is 17.1 Å². The van der Waals surface area contributed by atoms with Crippen molar-refractivity contribution in [1.29, 1.82) is 0 Å². The Morgan fingerprint density at radius 3 is 2.93 bits per heavy atom. The van der Waals surface area contributed by atoms with E-state index in [0.717, 1.165) is 27.7 Å². The smallest absolute Gasteiger partial charge is 0.145 e. The standard InChI is InChI=1S/C10H14N4S/c1-7-12-8-3-4-9(13-10(8)15-7)14(2)6-5-11/h3-4H,5-6,11H2,1-2H3. The van der Waals surface area contributed by atoms with Crippen LogP contribution in [0, 0.1) is 6.92 Å². The molecule has 80 valence electrons. The summed E-state index contributed by atoms with van der Waals surface area (Å²) in [7, 11) is 1.99. The van der Waals surface area contributed by atoms with E-state index in [9.17, 15) is 0 Å². The van der Waals surface area contributed by atoms with Crippen LogP contribution in [0.4, 0.5) is 5.82 Å². The van der Waals surface area contributed by atoms with Crippen molar-refractivity contribution in [2.75, 3.05) is 25.0 Å². The maximum atomic E-state index is 5.50. The minimum absolute atomic E-state index is 0.637. The van der Waals surface area contributed by atoms with Gasteiger partial charge in [0.2, 0.25) is 0 Å². The Kier molecular flexibility index (Phi) is 2.83. The Labute approximate surface area is 92.8 Å². The molecule has 0 spiro atoms. The molecule has 0 unspecified atom stereocenters. The maximum Gasteiger partial charge on any atom is 0.145 e. The highest BCUT2D eigenvalue weighted by molar-refractivity contribution is 7.18. The fraction of sp³-hybridized carbons (Fsp3) is 0.400. The summed E-state index contributed by atoms with van der Waals surface area (Å²) in [6.07, 6.45) is 0. The van der Waals surface area contributed by atoms with Crippen molar-refractivity contribution in [3.8, 4) is 0 Å². The third kappa shape index (κ3) is 2.08. The third-order valence-corrected chi connectivity index (χ3v) is 3.08. The summed E-state index contributed by atoms with van der Waals surface area (Å²) >= 11 is 1.62. The van der Waals surface area contributed by atoms with Crippen LogP contribution in [0.25, 0.3) is 10.3 Å². The Bertz CT molecular complexity index is 465. The van der Waals surface area contributed by atoms with Gasteiger partial charge in [-0.2, -0.15) is 0 Å². The summed E-state index contributed by atoms with van der Waals surface area (Å²) in [6, 6.07) is 3.99. The van der Waals surface area contributed by atoms with Gasteiger partial charge in [-0.05, 0) is 19.1 Å². The maximum absolute atomic E-state index is 5.50. The number of likely N-dealkylation sites (N-methyl/N-ethyl adjacent to an activating group) is 1. The average Bonchev–Trinajstić information content (AvgIpc) is 2.57. The third-order valence-electron chi connectivity index (χ3n) is 2.20. The summed E-state index contributed by atoms with van der Waals surface area (Å²) < 4.78 is 0. The number of pyridine rings is 1. The number of thiazole rings is 1. The minimum Gasteiger partial charge on any atom is -0.358 e. The van der Waals surface area contributed by atoms with Crippen LogP contribution in [-0.2, 0) is 0 Å². The lowest BCUT2D eigenvalue weighted by atomic mass is 10.4. The van der Waals surface area contributed by atoms with Crippen molar-refractivity contribution in [2.45, 2.75) is 6.92 Å². The van der Waals surface area contributed by atoms with Gasteiger partial charge in [-0.3, -0.25) is 0 Å². The van der Waals surface area contributed by atoms with E-state index < -0.39 is 0 Å². The van der Waals surface area contributed by atoms with Crippen molar-refractivity contribution in [3.63, 3.8) is 0 Å². The summed E-state index contributed by atoms with van der Waals surface area (Å²) in [5.74, 6) is 0.955. The topological polar surface area (TPSA) is 55.0 Å². The number of aromatic nitrogens is 2. The van der Waals surface area contributed by atoms with E-state index in [-0.39, 0.29) is 0 Å². The van der Waals surface area contributed by atoms with E-state index in [4.69, 9.17) is 5.73 Å². The van der Waals surface area contributed by atoms with Crippen LogP contribution in [0.5, 0.6) is 0 Å². The van der Waals surface area contributed by atoms with Crippen molar-refractivity contribution >= 4 is 27.5 Å². The van der Waals surface area contributed by atoms with Crippen LogP contribution < -0.4 is 10.6 Å². The van der Waals surface area contributed by atoms with Gasteiger partial charge in [0.05, 0.1) is 5.01 Å². The largest absolute Gasteiger partial charge is 0.358 e. The van der Waals surface area contributed by atoms with E-state index in [0.29, 0.717) is 6.54 Å². The van der Waals surface area contributed by atoms with Crippen molar-refractivity contribution in [1.82, 2.24) is 9.97 Å². The molecule has 0 saturated heterocycles. The first-order chi connectivity index (χ1) is 7.20. The summed E-state index contributed by atoms with van der Waals surface area (Å²) in [4.78, 5) is 12.0. The van der Waals surface area contributed by atoms with E-state index in [1.807, 2.05) is 26.1 Å². The fourth-order valence-electron chi connectivity index (χ4n) is 1.44. The normalized spacial score (nSPS) is 10.9. The molecule has 0 bridgehead atoms. The van der Waals surface area contributed by atoms with Crippen LogP contribution in [-0.4, -0.2) is 30.1 Å². The van der Waals surface area contributed by atoms with Gasteiger partial charge in [0.25, 0.3) is 0 Å². The molecule has 0 aliphatic rings. The zero-order valence-electron chi connectivity index (χ0n) is 8.90. The first-order valence-electron chi connectivity index (χ1n) is 4.86. The molecule has 2 heterocycles. The molecule has 0 aliphatic heterocycles. The highest BCUT2D eigenvalue weighted by Crippen LogP contribution is 2.22. The molecule has 0 aromatic carbocycles. The van der Waals surface area contributed by atoms with E-state index in [1.54, 1.807) is 11.3 Å². The molecular weight excluding hydrogens is 208 g/mol. The lowest BCUT2D eigenvalue weighted by molar-refractivity contribution is 0.872. The molecule has 0 fully saturated rings. The lowest BCUT2D eigenvalue weighted by Gasteiger charge is -2.16. The molecule has 2 aromatic rings. The van der Waals surface area contributed by atoms with E-state index >= 15 is 0 Å². The molecule has 15 heavy (non-hydrogen) atoms. The molecule has 2 rings (SSSR count). The van der Waals surface area contributed by atoms with E-state index in [2.05, 4.69) is 14.9 Å². The molecule has 0 atom stereocenters. The van der Waals surface area contributed by atoms with Crippen LogP contribution in [0.3, 0.4) is 0 Å². The summed E-state index contributed by atoms with van der Waals surface area (Å²) in [5.41, 5.74) is 6.48. The molecule has 0 saturated carbocycles. The number of anilines is 1. The van der Waals surface area contributed by atoms with Crippen LogP contribution in [0.1, 0.15) is 5.01 Å². The zero-order valence-corrected chi connectivity index (χ0v) is 9.71. The Hall–Kier alpha value is -1.20. The number of nitrogens with two attached hydrogens (primary N) is 1. The molecule has 0 aliphatic carbocycles. The molecular formula is C10H14N4S. The Morgan fingerprint density at radius 2 is 2.20 bits per heavy atom. The number of hydrogen-bond donors (Lipinski definition) is 1. The Morgan fingerprint density at radius 1 is 1.40 bits per heavy atom. The van der Waals surface area contributed by atoms with Gasteiger partial charge >= 0.3 is 0 Å². The van der Waals surface area contributed by atoms with Crippen LogP contribution in [0.2, 0.25) is 0 Å². The minimum atomic E-state index is 0.637. The number of fused-ring (bicyclic) bond motifs is 1. The van der Waals surface area contributed by atoms with Gasteiger partial charge in [-0.1, -0.05) is 11.3 Å². The monoisotopic (exact) mass is 222 g/mol. The highest BCUT2D eigenvalue weighted by atomic mass is 32.1. The van der Waals surface area contributed by atoms with Gasteiger partial charge in [0, 0.05) is 20.1 Å². The van der Waals surface area contributed by atoms with Crippen molar-refractivity contribution < 1.29 is 0 Å². The van der Waals surface area contributed by atoms with Gasteiger partial charge in [0.1, 0.15) is 16.2 Å². The number of hydrogen-bond acceptors (Lipinski definition) is 5. The molecule has 2 N–H and O–H groups in total. The second-order valence-electron chi connectivity index (χ2n) is 3.44. The molecule has 2 aromatic heterocycles. The average molecular weight is 222 g/mol. The predicted molar refractivity (Wildman–Crippen MR) is 64.5 cm³/mol. The quantitative estimate of drug-likeness (QED) is 0.852. The SMILES string of the molecule is Cc1nc2ccc(N(C)CCN)nc2s1. The van der Waals surface area contributed by atoms with Gasteiger partial charge < -0.3 is 10.6 Å². The Balaban J connectivity index is 2.37. The van der Waals surface area contributed by atoms with Gasteiger partial charge in [-0.15, -0.1) is 0 Å². The van der Waals surface area contributed by atoms with Crippen LogP contribution >= 0.6 is 11.3 Å². The zero-order chi connectivity index (χ0) is 10.8. The summed E-state index contributed by atoms with van der Waals surface area (Å²) in [5, 5.41) is 1.05. The molecule has 0 amide bonds. The second kappa shape index (κ2) is 4.12. The fourth-order valence-corrected chi connectivity index (χ4v) is 2.22. The van der Waals surface area contributed by atoms with E-state index in [1.165, 1.54) is 0 Å². The number of rotatable bonds is 3. The van der Waals surface area contributed by atoms with Gasteiger partial charge in [-0.25, -0.2) is 9.97 Å². The summed E-state index contributed by atoms with van der Waals surface area (Å²) in [6.45, 7) is 3.45. The lowest BCUT2D eigenvalue weighted by Crippen LogP contribution is -2.25. The molecule has 5 heteroatoms. The number of nitrogens with zero attached hydrogens (tertiary/aromatic N) is 3.